The van der Waals surface area contributed by atoms with E-state index >= 15 is 0 Å². The van der Waals surface area contributed by atoms with Crippen LogP contribution in [0.1, 0.15) is 18.9 Å². The van der Waals surface area contributed by atoms with Crippen LogP contribution in [0.4, 0.5) is 5.69 Å². The molecule has 0 unspecified atom stereocenters. The number of benzene rings is 1. The van der Waals surface area contributed by atoms with Crippen LogP contribution >= 0.6 is 0 Å². The first-order chi connectivity index (χ1) is 8.11. The Kier molecular flexibility index (Phi) is 5.16. The number of anilines is 1. The van der Waals surface area contributed by atoms with Crippen molar-refractivity contribution in [2.24, 2.45) is 0 Å². The Bertz CT molecular complexity index is 387. The van der Waals surface area contributed by atoms with Gasteiger partial charge >= 0.3 is 0 Å². The largest absolute Gasteiger partial charge is 0.326 e. The molecule has 2 amide bonds. The van der Waals surface area contributed by atoms with Gasteiger partial charge in [-0.1, -0.05) is 12.1 Å². The molecule has 0 aliphatic heterocycles. The Hall–Kier alpha value is -1.88. The molecule has 0 bridgehead atoms. The van der Waals surface area contributed by atoms with Gasteiger partial charge in [0, 0.05) is 19.0 Å². The molecule has 92 valence electrons. The maximum atomic E-state index is 11.1. The van der Waals surface area contributed by atoms with Crippen LogP contribution in [0.3, 0.4) is 0 Å². The molecule has 0 heterocycles. The average Bonchev–Trinajstić information content (AvgIpc) is 2.28. The maximum absolute atomic E-state index is 11.1. The summed E-state index contributed by atoms with van der Waals surface area (Å²) in [5, 5.41) is 2.68. The fourth-order valence-corrected chi connectivity index (χ4v) is 1.38. The second-order valence-electron chi connectivity index (χ2n) is 3.61. The second kappa shape index (κ2) is 6.65. The first kappa shape index (κ1) is 13.2. The van der Waals surface area contributed by atoms with E-state index in [1.54, 1.807) is 0 Å². The topological polar surface area (TPSA) is 67.4 Å². The molecule has 5 nitrogen and oxygen atoms in total. The van der Waals surface area contributed by atoms with E-state index in [2.05, 4.69) is 15.6 Å². The first-order valence-electron chi connectivity index (χ1n) is 5.30. The summed E-state index contributed by atoms with van der Waals surface area (Å²) >= 11 is 0. The van der Waals surface area contributed by atoms with Crippen LogP contribution in [-0.4, -0.2) is 18.9 Å². The summed E-state index contributed by atoms with van der Waals surface area (Å²) in [6, 6.07) is 7.38. The molecule has 0 fully saturated rings. The summed E-state index contributed by atoms with van der Waals surface area (Å²) in [5.74, 6) is -0.254. The molecule has 2 N–H and O–H groups in total. The summed E-state index contributed by atoms with van der Waals surface area (Å²) in [5.41, 5.74) is 4.04. The summed E-state index contributed by atoms with van der Waals surface area (Å²) in [4.78, 5) is 26.5. The lowest BCUT2D eigenvalue weighted by Crippen LogP contribution is -2.21. The van der Waals surface area contributed by atoms with Crippen molar-refractivity contribution in [2.45, 2.75) is 19.8 Å². The number of carbonyl (C=O) groups excluding carboxylic acids is 2. The van der Waals surface area contributed by atoms with Crippen molar-refractivity contribution in [1.29, 1.82) is 0 Å². The zero-order valence-electron chi connectivity index (χ0n) is 9.95. The van der Waals surface area contributed by atoms with E-state index in [0.29, 0.717) is 12.8 Å². The predicted molar refractivity (Wildman–Crippen MR) is 64.2 cm³/mol. The summed E-state index contributed by atoms with van der Waals surface area (Å²) < 4.78 is 0. The molecule has 0 saturated heterocycles. The lowest BCUT2D eigenvalue weighted by Gasteiger charge is -2.05. The van der Waals surface area contributed by atoms with Gasteiger partial charge in [-0.15, -0.1) is 0 Å². The molecule has 17 heavy (non-hydrogen) atoms. The molecule has 0 atom stereocenters. The summed E-state index contributed by atoms with van der Waals surface area (Å²) in [6.45, 7) is 1.46. The predicted octanol–water partition coefficient (Wildman–Crippen LogP) is 1.26. The van der Waals surface area contributed by atoms with Crippen LogP contribution in [0.25, 0.3) is 0 Å². The van der Waals surface area contributed by atoms with Gasteiger partial charge in [-0.05, 0) is 24.1 Å². The molecule has 5 heteroatoms. The van der Waals surface area contributed by atoms with Gasteiger partial charge in [0.05, 0.1) is 7.11 Å². The molecule has 0 aliphatic rings. The quantitative estimate of drug-likeness (QED) is 0.756. The standard InChI is InChI=1S/C12H16N2O3/c1-9(15)13-11-6-3-10(4-7-11)5-8-12(16)14-17-2/h3-4,6-7H,5,8H2,1-2H3,(H,13,15)(H,14,16). The van der Waals surface area contributed by atoms with Crippen molar-refractivity contribution in [3.8, 4) is 0 Å². The third kappa shape index (κ3) is 5.12. The zero-order chi connectivity index (χ0) is 12.7. The van der Waals surface area contributed by atoms with Crippen LogP contribution < -0.4 is 10.8 Å². The van der Waals surface area contributed by atoms with E-state index in [1.807, 2.05) is 24.3 Å². The Morgan fingerprint density at radius 1 is 1.24 bits per heavy atom. The minimum atomic E-state index is -0.154. The Balaban J connectivity index is 2.45. The van der Waals surface area contributed by atoms with Crippen molar-refractivity contribution in [3.63, 3.8) is 0 Å². The van der Waals surface area contributed by atoms with Crippen molar-refractivity contribution >= 4 is 17.5 Å². The smallest absolute Gasteiger partial charge is 0.243 e. The Morgan fingerprint density at radius 3 is 2.41 bits per heavy atom. The summed E-state index contributed by atoms with van der Waals surface area (Å²) in [6.07, 6.45) is 1.00. The zero-order valence-corrected chi connectivity index (χ0v) is 9.95. The van der Waals surface area contributed by atoms with E-state index < -0.39 is 0 Å². The minimum absolute atomic E-state index is 0.0998. The van der Waals surface area contributed by atoms with Gasteiger partial charge in [-0.3, -0.25) is 14.4 Å². The van der Waals surface area contributed by atoms with Gasteiger partial charge in [0.25, 0.3) is 0 Å². The number of amides is 2. The number of aryl methyl sites for hydroxylation is 1. The highest BCUT2D eigenvalue weighted by molar-refractivity contribution is 5.88. The van der Waals surface area contributed by atoms with E-state index in [0.717, 1.165) is 11.3 Å². The molecule has 1 aromatic rings. The summed E-state index contributed by atoms with van der Waals surface area (Å²) in [7, 11) is 1.40. The van der Waals surface area contributed by atoms with Crippen LogP contribution in [0.15, 0.2) is 24.3 Å². The molecular weight excluding hydrogens is 220 g/mol. The molecule has 0 aromatic heterocycles. The third-order valence-electron chi connectivity index (χ3n) is 2.13. The van der Waals surface area contributed by atoms with Crippen molar-refractivity contribution < 1.29 is 14.4 Å². The highest BCUT2D eigenvalue weighted by atomic mass is 16.6. The van der Waals surface area contributed by atoms with Crippen molar-refractivity contribution in [3.05, 3.63) is 29.8 Å². The fraction of sp³-hybridized carbons (Fsp3) is 0.333. The number of hydroxylamine groups is 1. The molecule has 0 aliphatic carbocycles. The highest BCUT2D eigenvalue weighted by Gasteiger charge is 2.01. The molecule has 1 aromatic carbocycles. The van der Waals surface area contributed by atoms with Crippen LogP contribution in [-0.2, 0) is 20.8 Å². The average molecular weight is 236 g/mol. The van der Waals surface area contributed by atoms with Gasteiger partial charge in [0.1, 0.15) is 0 Å². The van der Waals surface area contributed by atoms with E-state index in [4.69, 9.17) is 0 Å². The minimum Gasteiger partial charge on any atom is -0.326 e. The molecule has 0 saturated carbocycles. The SMILES string of the molecule is CONC(=O)CCc1ccc(NC(C)=O)cc1. The first-order valence-corrected chi connectivity index (χ1v) is 5.30. The fourth-order valence-electron chi connectivity index (χ4n) is 1.38. The molecule has 0 radical (unpaired) electrons. The monoisotopic (exact) mass is 236 g/mol. The van der Waals surface area contributed by atoms with Gasteiger partial charge in [0.2, 0.25) is 11.8 Å². The van der Waals surface area contributed by atoms with Gasteiger partial charge < -0.3 is 5.32 Å². The second-order valence-corrected chi connectivity index (χ2v) is 3.61. The number of nitrogens with one attached hydrogen (secondary N) is 2. The van der Waals surface area contributed by atoms with E-state index in [-0.39, 0.29) is 11.8 Å². The highest BCUT2D eigenvalue weighted by Crippen LogP contribution is 2.10. The normalized spacial score (nSPS) is 9.76. The Labute approximate surface area is 100 Å². The van der Waals surface area contributed by atoms with E-state index in [9.17, 15) is 9.59 Å². The van der Waals surface area contributed by atoms with Gasteiger partial charge in [-0.2, -0.15) is 0 Å². The van der Waals surface area contributed by atoms with Gasteiger partial charge in [-0.25, -0.2) is 5.48 Å². The lowest BCUT2D eigenvalue weighted by atomic mass is 10.1. The number of carbonyl (C=O) groups is 2. The third-order valence-corrected chi connectivity index (χ3v) is 2.13. The van der Waals surface area contributed by atoms with Crippen LogP contribution in [0.5, 0.6) is 0 Å². The number of hydrogen-bond acceptors (Lipinski definition) is 3. The van der Waals surface area contributed by atoms with Crippen LogP contribution in [0.2, 0.25) is 0 Å². The molecule has 1 rings (SSSR count). The van der Waals surface area contributed by atoms with E-state index in [1.165, 1.54) is 14.0 Å². The number of hydrogen-bond donors (Lipinski definition) is 2. The van der Waals surface area contributed by atoms with Crippen molar-refractivity contribution in [2.75, 3.05) is 12.4 Å². The lowest BCUT2D eigenvalue weighted by molar-refractivity contribution is -0.131. The number of rotatable bonds is 5. The Morgan fingerprint density at radius 2 is 1.88 bits per heavy atom. The molecular formula is C12H16N2O3. The molecule has 0 spiro atoms. The van der Waals surface area contributed by atoms with Crippen LogP contribution in [0, 0.1) is 0 Å². The van der Waals surface area contributed by atoms with Gasteiger partial charge in [0.15, 0.2) is 0 Å². The maximum Gasteiger partial charge on any atom is 0.243 e. The van der Waals surface area contributed by atoms with Crippen molar-refractivity contribution in [1.82, 2.24) is 5.48 Å².